The fourth-order valence-electron chi connectivity index (χ4n) is 1.57. The second-order valence-corrected chi connectivity index (χ2v) is 3.16. The summed E-state index contributed by atoms with van der Waals surface area (Å²) in [4.78, 5) is 12.6. The Kier molecular flexibility index (Phi) is 5.82. The third kappa shape index (κ3) is 4.33. The molecule has 1 saturated heterocycles. The molecule has 1 fully saturated rings. The normalized spacial score (nSPS) is 19.2. The number of nitrogens with one attached hydrogen (secondary N) is 1. The van der Waals surface area contributed by atoms with Crippen LogP contribution in [0.4, 0.5) is 4.79 Å². The Balaban J connectivity index is 0.00000144. The molecule has 0 unspecified atom stereocenters. The van der Waals surface area contributed by atoms with E-state index in [4.69, 9.17) is 5.11 Å². The fraction of sp³-hybridized carbons (Fsp3) is 0.875. The van der Waals surface area contributed by atoms with Gasteiger partial charge >= 0.3 is 6.09 Å². The minimum Gasteiger partial charge on any atom is -0.465 e. The summed E-state index contributed by atoms with van der Waals surface area (Å²) >= 11 is 0. The molecule has 1 heterocycles. The van der Waals surface area contributed by atoms with Crippen LogP contribution in [0.5, 0.6) is 0 Å². The molecule has 0 atom stereocenters. The van der Waals surface area contributed by atoms with Gasteiger partial charge in [0.15, 0.2) is 0 Å². The number of carbonyl (C=O) groups is 1. The zero-order valence-corrected chi connectivity index (χ0v) is 8.64. The molecule has 0 aromatic carbocycles. The maximum atomic E-state index is 10.3. The highest BCUT2D eigenvalue weighted by atomic mass is 35.5. The molecule has 4 nitrogen and oxygen atoms in total. The maximum absolute atomic E-state index is 10.3. The summed E-state index contributed by atoms with van der Waals surface area (Å²) < 4.78 is 0. The SMILES string of the molecule is CCN1CCC(NC(=O)O)CC1.Cl. The first kappa shape index (κ1) is 12.5. The van der Waals surface area contributed by atoms with Gasteiger partial charge in [-0.15, -0.1) is 12.4 Å². The minimum atomic E-state index is -0.898. The van der Waals surface area contributed by atoms with Crippen LogP contribution in [0.3, 0.4) is 0 Å². The highest BCUT2D eigenvalue weighted by Gasteiger charge is 2.18. The van der Waals surface area contributed by atoms with Crippen LogP contribution in [0.2, 0.25) is 0 Å². The molecule has 1 aliphatic heterocycles. The lowest BCUT2D eigenvalue weighted by Crippen LogP contribution is -2.44. The highest BCUT2D eigenvalue weighted by Crippen LogP contribution is 2.09. The van der Waals surface area contributed by atoms with Crippen LogP contribution in [0.25, 0.3) is 0 Å². The quantitative estimate of drug-likeness (QED) is 0.716. The molecule has 0 spiro atoms. The Morgan fingerprint density at radius 1 is 1.54 bits per heavy atom. The highest BCUT2D eigenvalue weighted by molar-refractivity contribution is 5.85. The smallest absolute Gasteiger partial charge is 0.404 e. The van der Waals surface area contributed by atoms with Crippen LogP contribution in [0, 0.1) is 0 Å². The summed E-state index contributed by atoms with van der Waals surface area (Å²) in [5.41, 5.74) is 0. The summed E-state index contributed by atoms with van der Waals surface area (Å²) in [6, 6.07) is 0.172. The van der Waals surface area contributed by atoms with Crippen LogP contribution in [-0.2, 0) is 0 Å². The number of nitrogens with zero attached hydrogens (tertiary/aromatic N) is 1. The number of likely N-dealkylation sites (tertiary alicyclic amines) is 1. The van der Waals surface area contributed by atoms with Crippen molar-refractivity contribution in [3.05, 3.63) is 0 Å². The molecule has 1 rings (SSSR count). The summed E-state index contributed by atoms with van der Waals surface area (Å²) in [6.07, 6.45) is 0.991. The average molecular weight is 209 g/mol. The van der Waals surface area contributed by atoms with Gasteiger partial charge in [-0.25, -0.2) is 4.79 Å². The summed E-state index contributed by atoms with van der Waals surface area (Å²) in [6.45, 7) is 5.23. The summed E-state index contributed by atoms with van der Waals surface area (Å²) in [5, 5.41) is 11.0. The van der Waals surface area contributed by atoms with E-state index in [0.29, 0.717) is 0 Å². The van der Waals surface area contributed by atoms with E-state index in [2.05, 4.69) is 17.1 Å². The molecule has 0 saturated carbocycles. The van der Waals surface area contributed by atoms with Crippen molar-refractivity contribution in [3.8, 4) is 0 Å². The van der Waals surface area contributed by atoms with Gasteiger partial charge in [-0.2, -0.15) is 0 Å². The van der Waals surface area contributed by atoms with E-state index in [1.54, 1.807) is 0 Å². The topological polar surface area (TPSA) is 52.6 Å². The van der Waals surface area contributed by atoms with Crippen molar-refractivity contribution in [1.82, 2.24) is 10.2 Å². The number of hydrogen-bond donors (Lipinski definition) is 2. The van der Waals surface area contributed by atoms with Crippen molar-refractivity contribution in [2.75, 3.05) is 19.6 Å². The van der Waals surface area contributed by atoms with Crippen molar-refractivity contribution in [1.29, 1.82) is 0 Å². The van der Waals surface area contributed by atoms with Gasteiger partial charge in [-0.1, -0.05) is 6.92 Å². The Labute approximate surface area is 84.7 Å². The third-order valence-electron chi connectivity index (χ3n) is 2.36. The number of halogens is 1. The molecule has 0 aromatic heterocycles. The van der Waals surface area contributed by atoms with Gasteiger partial charge in [0, 0.05) is 19.1 Å². The molecule has 0 bridgehead atoms. The van der Waals surface area contributed by atoms with Crippen molar-refractivity contribution < 1.29 is 9.90 Å². The van der Waals surface area contributed by atoms with E-state index in [1.807, 2.05) is 0 Å². The maximum Gasteiger partial charge on any atom is 0.404 e. The standard InChI is InChI=1S/C8H16N2O2.ClH/c1-2-10-5-3-7(4-6-10)9-8(11)12;/h7,9H,2-6H2,1H3,(H,11,12);1H. The first-order valence-electron chi connectivity index (χ1n) is 4.44. The van der Waals surface area contributed by atoms with Gasteiger partial charge in [0.25, 0.3) is 0 Å². The molecule has 0 radical (unpaired) electrons. The number of carboxylic acid groups (broad SMARTS) is 1. The van der Waals surface area contributed by atoms with Crippen LogP contribution >= 0.6 is 12.4 Å². The minimum absolute atomic E-state index is 0. The van der Waals surface area contributed by atoms with E-state index < -0.39 is 6.09 Å². The predicted octanol–water partition coefficient (Wildman–Crippen LogP) is 1.16. The van der Waals surface area contributed by atoms with E-state index in [-0.39, 0.29) is 18.4 Å². The predicted molar refractivity (Wildman–Crippen MR) is 53.5 cm³/mol. The van der Waals surface area contributed by atoms with Gasteiger partial charge in [0.1, 0.15) is 0 Å². The van der Waals surface area contributed by atoms with Crippen molar-refractivity contribution in [2.24, 2.45) is 0 Å². The lowest BCUT2D eigenvalue weighted by atomic mass is 10.1. The monoisotopic (exact) mass is 208 g/mol. The van der Waals surface area contributed by atoms with Gasteiger partial charge in [-0.3, -0.25) is 0 Å². The first-order chi connectivity index (χ1) is 5.72. The summed E-state index contributed by atoms with van der Waals surface area (Å²) in [7, 11) is 0. The molecule has 5 heteroatoms. The Hall–Kier alpha value is -0.480. The Morgan fingerprint density at radius 3 is 2.46 bits per heavy atom. The first-order valence-corrected chi connectivity index (χ1v) is 4.44. The Morgan fingerprint density at radius 2 is 2.08 bits per heavy atom. The molecule has 1 aliphatic rings. The lowest BCUT2D eigenvalue weighted by molar-refractivity contribution is 0.171. The van der Waals surface area contributed by atoms with Crippen LogP contribution in [-0.4, -0.2) is 41.8 Å². The van der Waals surface area contributed by atoms with Crippen LogP contribution < -0.4 is 5.32 Å². The second-order valence-electron chi connectivity index (χ2n) is 3.16. The van der Waals surface area contributed by atoms with Gasteiger partial charge < -0.3 is 15.3 Å². The molecule has 1 amide bonds. The lowest BCUT2D eigenvalue weighted by Gasteiger charge is -2.30. The second kappa shape index (κ2) is 6.05. The van der Waals surface area contributed by atoms with Gasteiger partial charge in [-0.05, 0) is 19.4 Å². The number of rotatable bonds is 2. The van der Waals surface area contributed by atoms with Crippen LogP contribution in [0.15, 0.2) is 0 Å². The van der Waals surface area contributed by atoms with E-state index in [0.717, 1.165) is 32.5 Å². The number of hydrogen-bond acceptors (Lipinski definition) is 2. The largest absolute Gasteiger partial charge is 0.465 e. The van der Waals surface area contributed by atoms with E-state index in [9.17, 15) is 4.79 Å². The van der Waals surface area contributed by atoms with E-state index >= 15 is 0 Å². The number of piperidine rings is 1. The van der Waals surface area contributed by atoms with Crippen molar-refractivity contribution in [3.63, 3.8) is 0 Å². The molecule has 13 heavy (non-hydrogen) atoms. The Bertz CT molecular complexity index is 158. The zero-order chi connectivity index (χ0) is 8.97. The molecular weight excluding hydrogens is 192 g/mol. The molecule has 2 N–H and O–H groups in total. The zero-order valence-electron chi connectivity index (χ0n) is 7.82. The summed E-state index contributed by atoms with van der Waals surface area (Å²) in [5.74, 6) is 0. The van der Waals surface area contributed by atoms with Gasteiger partial charge in [0.2, 0.25) is 0 Å². The van der Waals surface area contributed by atoms with Crippen LogP contribution in [0.1, 0.15) is 19.8 Å². The molecule has 78 valence electrons. The average Bonchev–Trinajstić information content (AvgIpc) is 2.05. The van der Waals surface area contributed by atoms with E-state index in [1.165, 1.54) is 0 Å². The van der Waals surface area contributed by atoms with Crippen molar-refractivity contribution >= 4 is 18.5 Å². The molecular formula is C8H17ClN2O2. The van der Waals surface area contributed by atoms with Gasteiger partial charge in [0.05, 0.1) is 0 Å². The van der Waals surface area contributed by atoms with Crippen molar-refractivity contribution in [2.45, 2.75) is 25.8 Å². The third-order valence-corrected chi connectivity index (χ3v) is 2.36. The molecule has 0 aromatic rings. The number of amides is 1. The fourth-order valence-corrected chi connectivity index (χ4v) is 1.57. The molecule has 0 aliphatic carbocycles.